The number of hydrogen-bond acceptors (Lipinski definition) is 3. The Labute approximate surface area is 141 Å². The fraction of sp³-hybridized carbons (Fsp3) is 0.0476. The van der Waals surface area contributed by atoms with Crippen molar-refractivity contribution in [3.63, 3.8) is 0 Å². The number of hydrazone groups is 1. The fourth-order valence-corrected chi connectivity index (χ4v) is 2.90. The first-order valence-corrected chi connectivity index (χ1v) is 7.99. The van der Waals surface area contributed by atoms with E-state index in [0.717, 1.165) is 22.6 Å². The van der Waals surface area contributed by atoms with Gasteiger partial charge in [0.15, 0.2) is 0 Å². The van der Waals surface area contributed by atoms with Gasteiger partial charge >= 0.3 is 0 Å². The lowest BCUT2D eigenvalue weighted by Crippen LogP contribution is -2.12. The van der Waals surface area contributed by atoms with Crippen molar-refractivity contribution in [3.8, 4) is 0 Å². The van der Waals surface area contributed by atoms with Crippen molar-refractivity contribution in [2.45, 2.75) is 5.92 Å². The van der Waals surface area contributed by atoms with Gasteiger partial charge in [0.2, 0.25) is 0 Å². The lowest BCUT2D eigenvalue weighted by atomic mass is 9.93. The van der Waals surface area contributed by atoms with Crippen LogP contribution in [0.4, 0.5) is 11.4 Å². The van der Waals surface area contributed by atoms with Crippen molar-refractivity contribution < 1.29 is 0 Å². The molecule has 3 aromatic rings. The van der Waals surface area contributed by atoms with E-state index in [-0.39, 0.29) is 5.92 Å². The first-order valence-electron chi connectivity index (χ1n) is 7.99. The molecule has 24 heavy (non-hydrogen) atoms. The molecule has 1 atom stereocenters. The molecule has 0 spiro atoms. The van der Waals surface area contributed by atoms with E-state index in [2.05, 4.69) is 34.8 Å². The predicted octanol–water partition coefficient (Wildman–Crippen LogP) is 5.00. The number of para-hydroxylation sites is 2. The van der Waals surface area contributed by atoms with Gasteiger partial charge in [-0.2, -0.15) is 5.10 Å². The summed E-state index contributed by atoms with van der Waals surface area (Å²) in [6.07, 6.45) is 1.94. The van der Waals surface area contributed by atoms with Crippen LogP contribution in [0.2, 0.25) is 0 Å². The van der Waals surface area contributed by atoms with Crippen LogP contribution < -0.4 is 5.43 Å². The van der Waals surface area contributed by atoms with Crippen LogP contribution in [0.15, 0.2) is 95.0 Å². The highest BCUT2D eigenvalue weighted by Gasteiger charge is 2.26. The molecule has 1 aliphatic heterocycles. The molecule has 0 saturated heterocycles. The molecular weight excluding hydrogens is 294 g/mol. The Kier molecular flexibility index (Phi) is 3.90. The molecule has 0 aliphatic carbocycles. The number of anilines is 1. The molecule has 0 radical (unpaired) electrons. The van der Waals surface area contributed by atoms with E-state index >= 15 is 0 Å². The molecule has 3 nitrogen and oxygen atoms in total. The molecule has 0 amide bonds. The molecule has 3 heteroatoms. The molecule has 1 N–H and O–H groups in total. The second-order valence-corrected chi connectivity index (χ2v) is 5.66. The van der Waals surface area contributed by atoms with Crippen molar-refractivity contribution >= 4 is 23.3 Å². The van der Waals surface area contributed by atoms with Gasteiger partial charge in [-0.05, 0) is 29.3 Å². The van der Waals surface area contributed by atoms with Crippen LogP contribution in [-0.4, -0.2) is 11.9 Å². The van der Waals surface area contributed by atoms with Crippen LogP contribution in [0.5, 0.6) is 0 Å². The minimum absolute atomic E-state index is 0.0554. The van der Waals surface area contributed by atoms with Gasteiger partial charge in [0.25, 0.3) is 0 Å². The molecule has 1 heterocycles. The van der Waals surface area contributed by atoms with E-state index in [1.165, 1.54) is 5.56 Å². The Balaban J connectivity index is 1.64. The van der Waals surface area contributed by atoms with Crippen LogP contribution in [0.3, 0.4) is 0 Å². The number of nitrogens with zero attached hydrogens (tertiary/aromatic N) is 2. The van der Waals surface area contributed by atoms with Gasteiger partial charge in [-0.3, -0.25) is 10.4 Å². The molecule has 3 aromatic carbocycles. The van der Waals surface area contributed by atoms with Crippen LogP contribution in [-0.2, 0) is 0 Å². The van der Waals surface area contributed by atoms with Gasteiger partial charge in [0.05, 0.1) is 23.0 Å². The third-order valence-corrected chi connectivity index (χ3v) is 4.07. The maximum absolute atomic E-state index is 4.83. The Morgan fingerprint density at radius 2 is 1.46 bits per heavy atom. The van der Waals surface area contributed by atoms with Crippen molar-refractivity contribution in [2.24, 2.45) is 10.1 Å². The summed E-state index contributed by atoms with van der Waals surface area (Å²) in [5.74, 6) is 0.0554. The third kappa shape index (κ3) is 2.84. The summed E-state index contributed by atoms with van der Waals surface area (Å²) in [5.41, 5.74) is 8.44. The maximum atomic E-state index is 4.83. The standard InChI is InChI=1S/C21H17N3/c1-3-9-16(10-4-1)21-19(18-13-7-8-14-20(18)23-21)15-22-24-17-11-5-2-6-12-17/h1-15,19,24H/b22-15+. The van der Waals surface area contributed by atoms with E-state index in [4.69, 9.17) is 4.99 Å². The van der Waals surface area contributed by atoms with Crippen molar-refractivity contribution in [1.29, 1.82) is 0 Å². The molecular formula is C21H17N3. The first kappa shape index (κ1) is 14.4. The van der Waals surface area contributed by atoms with Gasteiger partial charge in [-0.15, -0.1) is 0 Å². The molecule has 0 fully saturated rings. The third-order valence-electron chi connectivity index (χ3n) is 4.07. The molecule has 1 aliphatic rings. The summed E-state index contributed by atoms with van der Waals surface area (Å²) in [4.78, 5) is 4.83. The summed E-state index contributed by atoms with van der Waals surface area (Å²) in [5, 5.41) is 4.44. The van der Waals surface area contributed by atoms with Gasteiger partial charge in [0, 0.05) is 6.21 Å². The highest BCUT2D eigenvalue weighted by molar-refractivity contribution is 6.17. The van der Waals surface area contributed by atoms with E-state index in [9.17, 15) is 0 Å². The Morgan fingerprint density at radius 1 is 0.792 bits per heavy atom. The quantitative estimate of drug-likeness (QED) is 0.534. The molecule has 0 bridgehead atoms. The number of rotatable bonds is 4. The van der Waals surface area contributed by atoms with Gasteiger partial charge < -0.3 is 0 Å². The average Bonchev–Trinajstić information content (AvgIpc) is 3.02. The SMILES string of the molecule is C(=N\Nc1ccccc1)/C1C(c2ccccc2)=Nc2ccccc21. The van der Waals surface area contributed by atoms with E-state index in [0.29, 0.717) is 0 Å². The number of fused-ring (bicyclic) bond motifs is 1. The van der Waals surface area contributed by atoms with E-state index in [1.807, 2.05) is 66.9 Å². The van der Waals surface area contributed by atoms with Crippen molar-refractivity contribution in [1.82, 2.24) is 0 Å². The van der Waals surface area contributed by atoms with E-state index < -0.39 is 0 Å². The monoisotopic (exact) mass is 311 g/mol. The molecule has 0 aromatic heterocycles. The van der Waals surface area contributed by atoms with Crippen LogP contribution >= 0.6 is 0 Å². The van der Waals surface area contributed by atoms with Gasteiger partial charge in [-0.1, -0.05) is 66.7 Å². The van der Waals surface area contributed by atoms with Gasteiger partial charge in [0.1, 0.15) is 0 Å². The minimum atomic E-state index is 0.0554. The summed E-state index contributed by atoms with van der Waals surface area (Å²) in [6.45, 7) is 0. The zero-order valence-corrected chi connectivity index (χ0v) is 13.1. The highest BCUT2D eigenvalue weighted by Crippen LogP contribution is 2.36. The Hall–Kier alpha value is -3.20. The molecule has 4 rings (SSSR count). The zero-order chi connectivity index (χ0) is 16.2. The normalized spacial score (nSPS) is 16.0. The second kappa shape index (κ2) is 6.50. The van der Waals surface area contributed by atoms with E-state index in [1.54, 1.807) is 0 Å². The number of hydrogen-bond donors (Lipinski definition) is 1. The average molecular weight is 311 g/mol. The molecule has 116 valence electrons. The maximum Gasteiger partial charge on any atom is 0.0676 e. The largest absolute Gasteiger partial charge is 0.279 e. The zero-order valence-electron chi connectivity index (χ0n) is 13.1. The predicted molar refractivity (Wildman–Crippen MR) is 100 cm³/mol. The summed E-state index contributed by atoms with van der Waals surface area (Å²) >= 11 is 0. The summed E-state index contributed by atoms with van der Waals surface area (Å²) in [7, 11) is 0. The number of aliphatic imine (C=N–C) groups is 1. The minimum Gasteiger partial charge on any atom is -0.279 e. The molecule has 1 unspecified atom stereocenters. The molecule has 0 saturated carbocycles. The van der Waals surface area contributed by atoms with Crippen molar-refractivity contribution in [3.05, 3.63) is 96.1 Å². The van der Waals surface area contributed by atoms with Crippen molar-refractivity contribution in [2.75, 3.05) is 5.43 Å². The Morgan fingerprint density at radius 3 is 2.25 bits per heavy atom. The number of nitrogens with one attached hydrogen (secondary N) is 1. The summed E-state index contributed by atoms with van der Waals surface area (Å²) < 4.78 is 0. The fourth-order valence-electron chi connectivity index (χ4n) is 2.90. The van der Waals surface area contributed by atoms with Gasteiger partial charge in [-0.25, -0.2) is 0 Å². The lowest BCUT2D eigenvalue weighted by molar-refractivity contribution is 1.24. The smallest absolute Gasteiger partial charge is 0.0676 e. The van der Waals surface area contributed by atoms with Crippen LogP contribution in [0, 0.1) is 0 Å². The lowest BCUT2D eigenvalue weighted by Gasteiger charge is -2.10. The summed E-state index contributed by atoms with van der Waals surface area (Å²) in [6, 6.07) is 28.5. The highest BCUT2D eigenvalue weighted by atomic mass is 15.3. The Bertz CT molecular complexity index is 883. The van der Waals surface area contributed by atoms with Crippen LogP contribution in [0.25, 0.3) is 0 Å². The van der Waals surface area contributed by atoms with Crippen LogP contribution in [0.1, 0.15) is 17.0 Å². The second-order valence-electron chi connectivity index (χ2n) is 5.66. The number of benzene rings is 3. The topological polar surface area (TPSA) is 36.8 Å². The first-order chi connectivity index (χ1) is 11.9.